The maximum atomic E-state index is 6.93. The zero-order valence-corrected chi connectivity index (χ0v) is 38.6. The number of alkyl halides is 2. The number of benzene rings is 4. The van der Waals surface area contributed by atoms with Crippen molar-refractivity contribution in [3.05, 3.63) is 166 Å². The van der Waals surface area contributed by atoms with Crippen molar-refractivity contribution >= 4 is 23.2 Å². The minimum atomic E-state index is -2.72. The summed E-state index contributed by atoms with van der Waals surface area (Å²) in [5.41, 5.74) is 19.3. The summed E-state index contributed by atoms with van der Waals surface area (Å²) in [5, 5.41) is 0. The molecule has 0 unspecified atom stereocenters. The van der Waals surface area contributed by atoms with Gasteiger partial charge in [0.2, 0.25) is 0 Å². The van der Waals surface area contributed by atoms with Crippen LogP contribution in [0.2, 0.25) is 19.6 Å². The fourth-order valence-corrected chi connectivity index (χ4v) is 50.4. The van der Waals surface area contributed by atoms with Gasteiger partial charge in [0.05, 0.1) is 0 Å². The Bertz CT molecular complexity index is 2040. The SMILES string of the molecule is Cl[C]1(Cl)[CH2][Zr+2]1([C@H]1C=CC2=C1CCCC2)[C@H]1C=CC2=C1CCCC2.[Cl-].[Cl-].c1ccc2c(c1)-c1ccccc1[CH]2[Zr]1([CH]2c3ccccc3-c3ccccc32)[CH2][CH2]1. The summed E-state index contributed by atoms with van der Waals surface area (Å²) in [6, 6.07) is 37.1. The summed E-state index contributed by atoms with van der Waals surface area (Å²) < 4.78 is 6.57. The minimum absolute atomic E-state index is 0. The Morgan fingerprint density at radius 3 is 1.17 bits per heavy atom. The molecule has 6 aliphatic carbocycles. The van der Waals surface area contributed by atoms with Crippen LogP contribution in [0.4, 0.5) is 0 Å². The molecule has 6 heteroatoms. The summed E-state index contributed by atoms with van der Waals surface area (Å²) >= 11 is 8.60. The molecule has 0 saturated carbocycles. The van der Waals surface area contributed by atoms with Gasteiger partial charge in [-0.15, -0.1) is 0 Å². The fourth-order valence-electron chi connectivity index (χ4n) is 12.2. The number of halogens is 4. The average Bonchev–Trinajstić information content (AvgIpc) is 3.72. The van der Waals surface area contributed by atoms with Crippen molar-refractivity contribution in [3.8, 4) is 22.3 Å². The molecular weight excluding hydrogens is 901 g/mol. The predicted octanol–water partition coefficient (Wildman–Crippen LogP) is 8.70. The van der Waals surface area contributed by atoms with Gasteiger partial charge in [-0.05, 0) is 0 Å². The van der Waals surface area contributed by atoms with Gasteiger partial charge in [0, 0.05) is 0 Å². The summed E-state index contributed by atoms with van der Waals surface area (Å²) in [7, 11) is 0. The quantitative estimate of drug-likeness (QED) is 0.180. The Labute approximate surface area is 353 Å². The molecule has 54 heavy (non-hydrogen) atoms. The zero-order chi connectivity index (χ0) is 34.7. The predicted molar refractivity (Wildman–Crippen MR) is 213 cm³/mol. The van der Waals surface area contributed by atoms with E-state index in [1.54, 1.807) is 44.5 Å². The molecule has 0 bridgehead atoms. The average molecular weight is 947 g/mol. The third kappa shape index (κ3) is 5.68. The summed E-state index contributed by atoms with van der Waals surface area (Å²) in [5.74, 6) is 0. The van der Waals surface area contributed by atoms with Crippen LogP contribution in [-0.2, 0) is 40.5 Å². The zero-order valence-electron chi connectivity index (χ0n) is 30.6. The van der Waals surface area contributed by atoms with Crippen LogP contribution in [0.3, 0.4) is 0 Å². The van der Waals surface area contributed by atoms with Crippen molar-refractivity contribution in [3.63, 3.8) is 0 Å². The third-order valence-corrected chi connectivity index (χ3v) is 46.6. The van der Waals surface area contributed by atoms with E-state index in [-0.39, 0.29) is 26.9 Å². The molecule has 0 nitrogen and oxygen atoms in total. The second kappa shape index (κ2) is 14.5. The standard InChI is InChI=1S/2C13H9.2C9H11.C2H2Cl2.C2H4.2ClH.2Zr/c2*1-3-7-12-10(5-1)9-11-6-2-4-8-13(11)12;2*1-2-5-9-7-3-6-8(9)4-1;1-2(3)4;1-2;;;;/h2*1-9H;2*3,6-7H,1-2,4-5H2;1H2;1-2H2;2*1H;;/q;;;;;;;;;+2/p-2. The molecule has 8 aliphatic rings. The van der Waals surface area contributed by atoms with Gasteiger partial charge in [0.1, 0.15) is 0 Å². The van der Waals surface area contributed by atoms with Crippen molar-refractivity contribution in [2.75, 3.05) is 0 Å². The number of fused-ring (bicyclic) bond motifs is 6. The Morgan fingerprint density at radius 1 is 0.500 bits per heavy atom. The molecule has 2 fully saturated rings. The monoisotopic (exact) mass is 942 g/mol. The molecule has 2 heterocycles. The van der Waals surface area contributed by atoms with Gasteiger partial charge in [-0.3, -0.25) is 0 Å². The van der Waals surface area contributed by atoms with Gasteiger partial charge in [-0.2, -0.15) is 0 Å². The van der Waals surface area contributed by atoms with Gasteiger partial charge in [0.25, 0.3) is 0 Å². The van der Waals surface area contributed by atoms with Crippen molar-refractivity contribution in [2.24, 2.45) is 0 Å². The molecule has 2 saturated heterocycles. The number of rotatable bonds is 4. The molecule has 4 aromatic carbocycles. The molecule has 0 spiro atoms. The van der Waals surface area contributed by atoms with Crippen molar-refractivity contribution < 1.29 is 65.3 Å². The number of hydrogen-bond donors (Lipinski definition) is 0. The third-order valence-electron chi connectivity index (χ3n) is 14.7. The molecule has 0 amide bonds. The van der Waals surface area contributed by atoms with Crippen LogP contribution in [-0.4, -0.2) is 2.04 Å². The first-order valence-electron chi connectivity index (χ1n) is 20.1. The van der Waals surface area contributed by atoms with E-state index in [4.69, 9.17) is 23.2 Å². The molecule has 0 radical (unpaired) electrons. The van der Waals surface area contributed by atoms with Gasteiger partial charge in [-0.25, -0.2) is 0 Å². The number of hydrogen-bond acceptors (Lipinski definition) is 0. The van der Waals surface area contributed by atoms with E-state index in [2.05, 4.69) is 121 Å². The molecular formula is C48H46Cl4Zr2. The molecule has 0 N–H and O–H groups in total. The molecule has 4 aromatic rings. The van der Waals surface area contributed by atoms with Gasteiger partial charge in [0.15, 0.2) is 0 Å². The van der Waals surface area contributed by atoms with Crippen molar-refractivity contribution in [1.82, 2.24) is 0 Å². The van der Waals surface area contributed by atoms with E-state index >= 15 is 0 Å². The van der Waals surface area contributed by atoms with Crippen LogP contribution in [0.25, 0.3) is 22.3 Å². The topological polar surface area (TPSA) is 0 Å². The van der Waals surface area contributed by atoms with Crippen LogP contribution >= 0.6 is 23.2 Å². The van der Waals surface area contributed by atoms with E-state index in [1.165, 1.54) is 81.9 Å². The molecule has 2 aliphatic heterocycles. The Morgan fingerprint density at radius 2 is 0.833 bits per heavy atom. The summed E-state index contributed by atoms with van der Waals surface area (Å²) in [4.78, 5) is 0. The van der Waals surface area contributed by atoms with E-state index in [9.17, 15) is 0 Å². The van der Waals surface area contributed by atoms with Gasteiger partial charge >= 0.3 is 332 Å². The van der Waals surface area contributed by atoms with Crippen LogP contribution < -0.4 is 24.8 Å². The fraction of sp³-hybridized carbons (Fsp3) is 0.333. The molecule has 0 aromatic heterocycles. The Balaban J connectivity index is 0.000000141. The van der Waals surface area contributed by atoms with E-state index in [0.29, 0.717) is 14.5 Å². The van der Waals surface area contributed by atoms with Crippen LogP contribution in [0, 0.1) is 0 Å². The summed E-state index contributed by atoms with van der Waals surface area (Å²) in [6.45, 7) is 0. The second-order valence-corrected chi connectivity index (χ2v) is 42.6. The van der Waals surface area contributed by atoms with E-state index in [0.717, 1.165) is 4.13 Å². The normalized spacial score (nSPS) is 24.6. The first-order chi connectivity index (χ1) is 25.5. The van der Waals surface area contributed by atoms with E-state index < -0.39 is 40.5 Å². The summed E-state index contributed by atoms with van der Waals surface area (Å²) in [6.07, 6.45) is 20.6. The Kier molecular flexibility index (Phi) is 10.3. The molecule has 12 rings (SSSR count). The molecule has 274 valence electrons. The maximum absolute atomic E-state index is 6.93. The van der Waals surface area contributed by atoms with Crippen LogP contribution in [0.5, 0.6) is 0 Å². The van der Waals surface area contributed by atoms with Gasteiger partial charge in [-0.1, -0.05) is 0 Å². The molecule has 2 atom stereocenters. The first kappa shape index (κ1) is 38.3. The Hall–Kier alpha value is -1.23. The van der Waals surface area contributed by atoms with Crippen LogP contribution in [0.1, 0.15) is 80.9 Å². The first-order valence-corrected chi connectivity index (χ1v) is 32.9. The second-order valence-electron chi connectivity index (χ2n) is 17.1. The van der Waals surface area contributed by atoms with Gasteiger partial charge < -0.3 is 24.8 Å². The number of allylic oxidation sites excluding steroid dienone is 8. The van der Waals surface area contributed by atoms with Crippen LogP contribution in [0.15, 0.2) is 144 Å². The van der Waals surface area contributed by atoms with Crippen molar-refractivity contribution in [1.29, 1.82) is 0 Å². The van der Waals surface area contributed by atoms with Crippen molar-refractivity contribution in [2.45, 2.75) is 80.3 Å². The van der Waals surface area contributed by atoms with E-state index in [1.807, 2.05) is 0 Å².